The number of rotatable bonds is 10. The van der Waals surface area contributed by atoms with E-state index in [1.54, 1.807) is 48.5 Å². The molecule has 0 bridgehead atoms. The summed E-state index contributed by atoms with van der Waals surface area (Å²) in [7, 11) is 0. The number of hydrazine groups is 1. The van der Waals surface area contributed by atoms with Crippen molar-refractivity contribution in [1.29, 1.82) is 0 Å². The number of nitro groups is 1. The number of hydrogen-bond acceptors (Lipinski definition) is 9. The Morgan fingerprint density at radius 2 is 1.68 bits per heavy atom. The molecule has 0 radical (unpaired) electrons. The Hall–Kier alpha value is -4.41. The quantitative estimate of drug-likeness (QED) is 0.331. The fourth-order valence-electron chi connectivity index (χ4n) is 2.50. The summed E-state index contributed by atoms with van der Waals surface area (Å²) < 4.78 is 10.7. The normalized spacial score (nSPS) is 10.1. The van der Waals surface area contributed by atoms with Gasteiger partial charge in [-0.25, -0.2) is 9.97 Å². The van der Waals surface area contributed by atoms with Crippen LogP contribution in [0.4, 0.5) is 23.0 Å². The lowest BCUT2D eigenvalue weighted by molar-refractivity contribution is -0.383. The molecule has 11 heteroatoms. The van der Waals surface area contributed by atoms with Crippen LogP contribution in [0.3, 0.4) is 0 Å². The van der Waals surface area contributed by atoms with Crippen LogP contribution in [0.15, 0.2) is 60.9 Å². The summed E-state index contributed by atoms with van der Waals surface area (Å²) in [6.07, 6.45) is 1.14. The predicted molar refractivity (Wildman–Crippen MR) is 113 cm³/mol. The first-order valence-corrected chi connectivity index (χ1v) is 9.28. The summed E-state index contributed by atoms with van der Waals surface area (Å²) in [5.74, 6) is 0.432. The Morgan fingerprint density at radius 1 is 1.00 bits per heavy atom. The van der Waals surface area contributed by atoms with Crippen LogP contribution in [0.5, 0.6) is 11.5 Å². The third kappa shape index (κ3) is 6.03. The molecule has 0 aliphatic rings. The van der Waals surface area contributed by atoms with Crippen molar-refractivity contribution < 1.29 is 19.2 Å². The van der Waals surface area contributed by atoms with E-state index in [0.717, 1.165) is 6.33 Å². The van der Waals surface area contributed by atoms with Crippen molar-refractivity contribution in [1.82, 2.24) is 15.4 Å². The first kappa shape index (κ1) is 21.3. The van der Waals surface area contributed by atoms with Gasteiger partial charge in [-0.3, -0.25) is 25.8 Å². The molecule has 0 saturated carbocycles. The van der Waals surface area contributed by atoms with E-state index in [1.165, 1.54) is 0 Å². The molecule has 3 rings (SSSR count). The molecule has 0 aliphatic heterocycles. The van der Waals surface area contributed by atoms with E-state index in [0.29, 0.717) is 23.8 Å². The molecule has 31 heavy (non-hydrogen) atoms. The molecule has 3 N–H and O–H groups in total. The zero-order valence-electron chi connectivity index (χ0n) is 16.6. The highest BCUT2D eigenvalue weighted by atomic mass is 16.6. The smallest absolute Gasteiger partial charge is 0.355 e. The maximum absolute atomic E-state index is 12.0. The van der Waals surface area contributed by atoms with Crippen LogP contribution in [0.2, 0.25) is 0 Å². The molecule has 0 spiro atoms. The van der Waals surface area contributed by atoms with Gasteiger partial charge in [-0.05, 0) is 43.3 Å². The van der Waals surface area contributed by atoms with E-state index in [2.05, 4.69) is 26.1 Å². The standard InChI is InChI=1S/C20H20N6O5/c1-2-30-16-10-8-14(9-11-16)23-19-18(26(28)29)20(22-13-21-19)25-24-17(27)12-31-15-6-4-3-5-7-15/h3-11,13H,2,12H2,1H3,(H,24,27)(H2,21,22,23,25). The summed E-state index contributed by atoms with van der Waals surface area (Å²) >= 11 is 0. The lowest BCUT2D eigenvalue weighted by atomic mass is 10.3. The van der Waals surface area contributed by atoms with Crippen molar-refractivity contribution in [3.8, 4) is 11.5 Å². The number of amides is 1. The average Bonchev–Trinajstić information content (AvgIpc) is 2.78. The molecule has 1 aromatic heterocycles. The predicted octanol–water partition coefficient (Wildman–Crippen LogP) is 3.05. The molecule has 0 saturated heterocycles. The molecule has 0 atom stereocenters. The van der Waals surface area contributed by atoms with E-state index in [-0.39, 0.29) is 18.2 Å². The maximum atomic E-state index is 12.0. The minimum absolute atomic E-state index is 0.0403. The lowest BCUT2D eigenvalue weighted by Gasteiger charge is -2.11. The monoisotopic (exact) mass is 424 g/mol. The van der Waals surface area contributed by atoms with Crippen molar-refractivity contribution in [3.05, 3.63) is 71.0 Å². The van der Waals surface area contributed by atoms with Crippen molar-refractivity contribution in [2.24, 2.45) is 0 Å². The molecule has 160 valence electrons. The van der Waals surface area contributed by atoms with Crippen LogP contribution in [-0.4, -0.2) is 34.0 Å². The van der Waals surface area contributed by atoms with Crippen LogP contribution in [-0.2, 0) is 4.79 Å². The molecule has 11 nitrogen and oxygen atoms in total. The summed E-state index contributed by atoms with van der Waals surface area (Å²) in [6.45, 7) is 2.12. The summed E-state index contributed by atoms with van der Waals surface area (Å²) in [5.41, 5.74) is 4.91. The van der Waals surface area contributed by atoms with Gasteiger partial charge in [0.1, 0.15) is 17.8 Å². The number of carbonyl (C=O) groups excluding carboxylic acids is 1. The van der Waals surface area contributed by atoms with Crippen molar-refractivity contribution in [2.45, 2.75) is 6.92 Å². The van der Waals surface area contributed by atoms with E-state index in [4.69, 9.17) is 9.47 Å². The van der Waals surface area contributed by atoms with Crippen LogP contribution in [0, 0.1) is 10.1 Å². The van der Waals surface area contributed by atoms with Gasteiger partial charge in [-0.2, -0.15) is 0 Å². The second-order valence-electron chi connectivity index (χ2n) is 6.03. The SMILES string of the molecule is CCOc1ccc(Nc2ncnc(NNC(=O)COc3ccccc3)c2[N+](=O)[O-])cc1. The lowest BCUT2D eigenvalue weighted by Crippen LogP contribution is -2.34. The number of aromatic nitrogens is 2. The van der Waals surface area contributed by atoms with E-state index >= 15 is 0 Å². The fraction of sp³-hybridized carbons (Fsp3) is 0.150. The molecular formula is C20H20N6O5. The van der Waals surface area contributed by atoms with Gasteiger partial charge in [-0.15, -0.1) is 0 Å². The van der Waals surface area contributed by atoms with Crippen molar-refractivity contribution in [3.63, 3.8) is 0 Å². The molecule has 1 amide bonds. The number of nitrogens with one attached hydrogen (secondary N) is 3. The summed E-state index contributed by atoms with van der Waals surface area (Å²) in [5, 5.41) is 14.5. The van der Waals surface area contributed by atoms with Gasteiger partial charge in [0.05, 0.1) is 11.5 Å². The summed E-state index contributed by atoms with van der Waals surface area (Å²) in [4.78, 5) is 30.8. The number of para-hydroxylation sites is 1. The van der Waals surface area contributed by atoms with Gasteiger partial charge >= 0.3 is 5.69 Å². The van der Waals surface area contributed by atoms with Gasteiger partial charge in [0.2, 0.25) is 11.6 Å². The largest absolute Gasteiger partial charge is 0.494 e. The Bertz CT molecular complexity index is 1030. The van der Waals surface area contributed by atoms with Gasteiger partial charge in [-0.1, -0.05) is 18.2 Å². The third-order valence-electron chi connectivity index (χ3n) is 3.87. The molecule has 0 unspecified atom stereocenters. The zero-order chi connectivity index (χ0) is 22.1. The van der Waals surface area contributed by atoms with Gasteiger partial charge < -0.3 is 14.8 Å². The van der Waals surface area contributed by atoms with E-state index < -0.39 is 16.5 Å². The zero-order valence-corrected chi connectivity index (χ0v) is 16.6. The second-order valence-corrected chi connectivity index (χ2v) is 6.03. The fourth-order valence-corrected chi connectivity index (χ4v) is 2.50. The van der Waals surface area contributed by atoms with Crippen molar-refractivity contribution in [2.75, 3.05) is 24.0 Å². The number of anilines is 3. The number of ether oxygens (including phenoxy) is 2. The average molecular weight is 424 g/mol. The Labute approximate surface area is 177 Å². The first-order chi connectivity index (χ1) is 15.1. The number of nitrogens with zero attached hydrogens (tertiary/aromatic N) is 3. The highest BCUT2D eigenvalue weighted by molar-refractivity contribution is 5.80. The van der Waals surface area contributed by atoms with Crippen molar-refractivity contribution >= 4 is 28.9 Å². The number of carbonyl (C=O) groups is 1. The second kappa shape index (κ2) is 10.4. The van der Waals surface area contributed by atoms with Crippen LogP contribution < -0.4 is 25.6 Å². The van der Waals surface area contributed by atoms with Gasteiger partial charge in [0.25, 0.3) is 5.91 Å². The topological polar surface area (TPSA) is 141 Å². The van der Waals surface area contributed by atoms with Gasteiger partial charge in [0, 0.05) is 5.69 Å². The molecule has 1 heterocycles. The van der Waals surface area contributed by atoms with E-state index in [9.17, 15) is 14.9 Å². The highest BCUT2D eigenvalue weighted by Gasteiger charge is 2.23. The van der Waals surface area contributed by atoms with E-state index in [1.807, 2.05) is 13.0 Å². The molecule has 0 fully saturated rings. The highest BCUT2D eigenvalue weighted by Crippen LogP contribution is 2.31. The van der Waals surface area contributed by atoms with Crippen LogP contribution in [0.1, 0.15) is 6.92 Å². The Balaban J connectivity index is 1.66. The Kier molecular flexibility index (Phi) is 7.14. The molecule has 0 aliphatic carbocycles. The maximum Gasteiger partial charge on any atom is 0.355 e. The number of hydrogen-bond donors (Lipinski definition) is 3. The third-order valence-corrected chi connectivity index (χ3v) is 3.87. The van der Waals surface area contributed by atoms with Gasteiger partial charge in [0.15, 0.2) is 6.61 Å². The van der Waals surface area contributed by atoms with Crippen LogP contribution in [0.25, 0.3) is 0 Å². The molecular weight excluding hydrogens is 404 g/mol. The summed E-state index contributed by atoms with van der Waals surface area (Å²) in [6, 6.07) is 15.6. The minimum atomic E-state index is -0.647. The number of benzene rings is 2. The molecule has 2 aromatic carbocycles. The van der Waals surface area contributed by atoms with Crippen LogP contribution >= 0.6 is 0 Å². The first-order valence-electron chi connectivity index (χ1n) is 9.28. The molecule has 3 aromatic rings. The minimum Gasteiger partial charge on any atom is -0.494 e. The Morgan fingerprint density at radius 3 is 2.35 bits per heavy atom.